The molecule has 0 saturated carbocycles. The van der Waals surface area contributed by atoms with Gasteiger partial charge in [0.15, 0.2) is 11.9 Å². The number of nitrogens with zero attached hydrogens (tertiary/aromatic N) is 5. The Kier molecular flexibility index (Phi) is 4.88. The molecule has 3 heterocycles. The van der Waals surface area contributed by atoms with E-state index in [4.69, 9.17) is 9.84 Å². The largest absolute Gasteiger partial charge is 0.465 e. The SMILES string of the molecule is CN(C(=O)O)c1ccc(-c2cc(Oc3ccc([N+](=O)[O-])nc3)ccn2)cn1. The number of hydrogen-bond donors (Lipinski definition) is 1. The molecule has 0 fully saturated rings. The minimum absolute atomic E-state index is 0.268. The van der Waals surface area contributed by atoms with Gasteiger partial charge >= 0.3 is 11.9 Å². The Morgan fingerprint density at radius 3 is 2.52 bits per heavy atom. The highest BCUT2D eigenvalue weighted by molar-refractivity contribution is 5.84. The lowest BCUT2D eigenvalue weighted by Crippen LogP contribution is -2.24. The zero-order valence-electron chi connectivity index (χ0n) is 14.0. The van der Waals surface area contributed by atoms with E-state index in [1.165, 1.54) is 31.6 Å². The highest BCUT2D eigenvalue weighted by atomic mass is 16.6. The number of rotatable bonds is 5. The van der Waals surface area contributed by atoms with Crippen molar-refractivity contribution in [1.82, 2.24) is 15.0 Å². The van der Waals surface area contributed by atoms with Crippen molar-refractivity contribution in [2.75, 3.05) is 11.9 Å². The average Bonchev–Trinajstić information content (AvgIpc) is 2.68. The number of nitro groups is 1. The van der Waals surface area contributed by atoms with Crippen molar-refractivity contribution in [3.8, 4) is 22.8 Å². The molecule has 10 heteroatoms. The fraction of sp³-hybridized carbons (Fsp3) is 0.0588. The Bertz CT molecular complexity index is 976. The molecule has 136 valence electrons. The van der Waals surface area contributed by atoms with Gasteiger partial charge in [0, 0.05) is 37.1 Å². The average molecular weight is 367 g/mol. The second-order valence-corrected chi connectivity index (χ2v) is 5.33. The molecule has 0 aromatic carbocycles. The van der Waals surface area contributed by atoms with Crippen LogP contribution in [0.2, 0.25) is 0 Å². The summed E-state index contributed by atoms with van der Waals surface area (Å²) in [5, 5.41) is 19.6. The van der Waals surface area contributed by atoms with Gasteiger partial charge in [0.25, 0.3) is 0 Å². The minimum atomic E-state index is -1.11. The van der Waals surface area contributed by atoms with Gasteiger partial charge in [-0.25, -0.2) is 9.78 Å². The first-order chi connectivity index (χ1) is 12.9. The van der Waals surface area contributed by atoms with Crippen molar-refractivity contribution in [1.29, 1.82) is 0 Å². The van der Waals surface area contributed by atoms with Gasteiger partial charge in [-0.05, 0) is 34.2 Å². The van der Waals surface area contributed by atoms with Crippen LogP contribution in [0.3, 0.4) is 0 Å². The van der Waals surface area contributed by atoms with Crippen molar-refractivity contribution in [3.05, 3.63) is 65.1 Å². The van der Waals surface area contributed by atoms with Crippen molar-refractivity contribution in [2.24, 2.45) is 0 Å². The highest BCUT2D eigenvalue weighted by Gasteiger charge is 2.11. The Balaban J connectivity index is 1.79. The number of amides is 1. The zero-order valence-corrected chi connectivity index (χ0v) is 14.0. The first-order valence-electron chi connectivity index (χ1n) is 7.61. The second-order valence-electron chi connectivity index (χ2n) is 5.33. The lowest BCUT2D eigenvalue weighted by molar-refractivity contribution is -0.389. The second kappa shape index (κ2) is 7.44. The van der Waals surface area contributed by atoms with Gasteiger partial charge in [0.1, 0.15) is 11.6 Å². The third-order valence-corrected chi connectivity index (χ3v) is 3.55. The van der Waals surface area contributed by atoms with Gasteiger partial charge in [-0.2, -0.15) is 0 Å². The van der Waals surface area contributed by atoms with Crippen LogP contribution in [0.1, 0.15) is 0 Å². The number of hydrogen-bond acceptors (Lipinski definition) is 7. The smallest absolute Gasteiger partial charge is 0.412 e. The summed E-state index contributed by atoms with van der Waals surface area (Å²) >= 11 is 0. The number of carbonyl (C=O) groups is 1. The summed E-state index contributed by atoms with van der Waals surface area (Å²) in [6.45, 7) is 0. The van der Waals surface area contributed by atoms with Gasteiger partial charge in [0.2, 0.25) is 0 Å². The Hall–Kier alpha value is -4.08. The number of aromatic nitrogens is 3. The lowest BCUT2D eigenvalue weighted by Gasteiger charge is -2.12. The molecule has 3 aromatic heterocycles. The summed E-state index contributed by atoms with van der Waals surface area (Å²) in [5.41, 5.74) is 1.24. The molecule has 0 spiro atoms. The Morgan fingerprint density at radius 1 is 1.11 bits per heavy atom. The van der Waals surface area contributed by atoms with Crippen molar-refractivity contribution in [3.63, 3.8) is 0 Å². The number of pyridine rings is 3. The van der Waals surface area contributed by atoms with Gasteiger partial charge in [-0.15, -0.1) is 0 Å². The fourth-order valence-corrected chi connectivity index (χ4v) is 2.14. The Morgan fingerprint density at radius 2 is 1.93 bits per heavy atom. The molecular weight excluding hydrogens is 354 g/mol. The molecule has 10 nitrogen and oxygen atoms in total. The fourth-order valence-electron chi connectivity index (χ4n) is 2.14. The summed E-state index contributed by atoms with van der Waals surface area (Å²) in [6.07, 6.45) is 3.20. The van der Waals surface area contributed by atoms with Crippen LogP contribution in [-0.2, 0) is 0 Å². The molecule has 3 aromatic rings. The van der Waals surface area contributed by atoms with Crippen LogP contribution >= 0.6 is 0 Å². The standard InChI is InChI=1S/C17H13N5O5/c1-21(17(23)24)15-4-2-11(9-19-15)14-8-12(6-7-18-14)27-13-3-5-16(20-10-13)22(25)26/h2-10H,1H3,(H,23,24). The van der Waals surface area contributed by atoms with E-state index in [0.717, 1.165) is 4.90 Å². The van der Waals surface area contributed by atoms with Crippen molar-refractivity contribution >= 4 is 17.7 Å². The topological polar surface area (TPSA) is 132 Å². The van der Waals surface area contributed by atoms with Crippen LogP contribution < -0.4 is 9.64 Å². The van der Waals surface area contributed by atoms with Crippen LogP contribution in [-0.4, -0.2) is 38.1 Å². The van der Waals surface area contributed by atoms with Crippen LogP contribution in [0.4, 0.5) is 16.4 Å². The Labute approximate surface area is 152 Å². The van der Waals surface area contributed by atoms with Crippen LogP contribution in [0.25, 0.3) is 11.3 Å². The van der Waals surface area contributed by atoms with E-state index in [1.54, 1.807) is 30.5 Å². The first-order valence-corrected chi connectivity index (χ1v) is 7.61. The molecule has 0 aliphatic carbocycles. The molecule has 1 amide bonds. The third-order valence-electron chi connectivity index (χ3n) is 3.55. The third kappa shape index (κ3) is 4.12. The molecule has 0 atom stereocenters. The molecule has 0 unspecified atom stereocenters. The normalized spacial score (nSPS) is 10.3. The molecule has 0 aliphatic heterocycles. The summed E-state index contributed by atoms with van der Waals surface area (Å²) < 4.78 is 5.64. The van der Waals surface area contributed by atoms with E-state index in [2.05, 4.69) is 15.0 Å². The first kappa shape index (κ1) is 17.7. The molecule has 27 heavy (non-hydrogen) atoms. The van der Waals surface area contributed by atoms with Gasteiger partial charge in [-0.1, -0.05) is 0 Å². The molecule has 0 saturated heterocycles. The zero-order chi connectivity index (χ0) is 19.4. The van der Waals surface area contributed by atoms with Crippen molar-refractivity contribution < 1.29 is 19.6 Å². The summed E-state index contributed by atoms with van der Waals surface area (Å²) in [4.78, 5) is 34.0. The van der Waals surface area contributed by atoms with Gasteiger partial charge < -0.3 is 20.0 Å². The number of carboxylic acid groups (broad SMARTS) is 1. The van der Waals surface area contributed by atoms with Crippen molar-refractivity contribution in [2.45, 2.75) is 0 Å². The van der Waals surface area contributed by atoms with E-state index >= 15 is 0 Å². The van der Waals surface area contributed by atoms with E-state index in [0.29, 0.717) is 22.8 Å². The van der Waals surface area contributed by atoms with E-state index < -0.39 is 11.0 Å². The maximum Gasteiger partial charge on any atom is 0.412 e. The molecule has 0 bridgehead atoms. The van der Waals surface area contributed by atoms with E-state index in [-0.39, 0.29) is 11.6 Å². The number of anilines is 1. The maximum absolute atomic E-state index is 10.9. The summed E-state index contributed by atoms with van der Waals surface area (Å²) in [6, 6.07) is 9.26. The highest BCUT2D eigenvalue weighted by Crippen LogP contribution is 2.26. The monoisotopic (exact) mass is 367 g/mol. The number of ether oxygens (including phenoxy) is 1. The minimum Gasteiger partial charge on any atom is -0.465 e. The van der Waals surface area contributed by atoms with Gasteiger partial charge in [-0.3, -0.25) is 9.88 Å². The van der Waals surface area contributed by atoms with Crippen LogP contribution in [0, 0.1) is 10.1 Å². The van der Waals surface area contributed by atoms with Crippen LogP contribution in [0.5, 0.6) is 11.5 Å². The predicted molar refractivity (Wildman–Crippen MR) is 94.9 cm³/mol. The predicted octanol–water partition coefficient (Wildman–Crippen LogP) is 3.35. The maximum atomic E-state index is 10.9. The summed E-state index contributed by atoms with van der Waals surface area (Å²) in [5.74, 6) is 0.822. The lowest BCUT2D eigenvalue weighted by atomic mass is 10.2. The van der Waals surface area contributed by atoms with E-state index in [1.807, 2.05) is 0 Å². The van der Waals surface area contributed by atoms with Gasteiger partial charge in [0.05, 0.1) is 5.69 Å². The van der Waals surface area contributed by atoms with E-state index in [9.17, 15) is 14.9 Å². The quantitative estimate of drug-likeness (QED) is 0.536. The molecule has 0 aliphatic rings. The summed E-state index contributed by atoms with van der Waals surface area (Å²) in [7, 11) is 1.40. The molecule has 0 radical (unpaired) electrons. The molecule has 1 N–H and O–H groups in total. The molecular formula is C17H13N5O5. The molecule has 3 rings (SSSR count). The van der Waals surface area contributed by atoms with Crippen LogP contribution in [0.15, 0.2) is 55.0 Å².